The van der Waals surface area contributed by atoms with Gasteiger partial charge in [0.15, 0.2) is 0 Å². The lowest BCUT2D eigenvalue weighted by Crippen LogP contribution is -2.52. The highest BCUT2D eigenvalue weighted by atomic mass is 16.5. The molecule has 2 unspecified atom stereocenters. The molecular weight excluding hydrogens is 773 g/mol. The summed E-state index contributed by atoms with van der Waals surface area (Å²) in [6.07, 6.45) is 1.75. The fourth-order valence-corrected chi connectivity index (χ4v) is 10.0. The Morgan fingerprint density at radius 1 is 0.639 bits per heavy atom. The number of methoxy groups -OCH3 is 1. The third-order valence-corrected chi connectivity index (χ3v) is 13.5. The van der Waals surface area contributed by atoms with Gasteiger partial charge >= 0.3 is 12.2 Å². The molecule has 61 heavy (non-hydrogen) atoms. The molecule has 2 aromatic heterocycles. The van der Waals surface area contributed by atoms with Crippen LogP contribution in [0.25, 0.3) is 55.1 Å². The lowest BCUT2D eigenvalue weighted by Gasteiger charge is -2.31. The van der Waals surface area contributed by atoms with Gasteiger partial charge < -0.3 is 40.2 Å². The van der Waals surface area contributed by atoms with E-state index in [9.17, 15) is 24.3 Å². The van der Waals surface area contributed by atoms with Gasteiger partial charge in [-0.1, -0.05) is 64.1 Å². The molecule has 4 amide bonds. The maximum absolute atomic E-state index is 13.9. The third-order valence-electron chi connectivity index (χ3n) is 13.5. The molecule has 6 aromatic rings. The first kappa shape index (κ1) is 38.7. The zero-order chi connectivity index (χ0) is 42.4. The van der Waals surface area contributed by atoms with Gasteiger partial charge in [-0.05, 0) is 119 Å². The Balaban J connectivity index is 0.872. The van der Waals surface area contributed by atoms with E-state index >= 15 is 0 Å². The summed E-state index contributed by atoms with van der Waals surface area (Å²) in [7, 11) is 1.30. The van der Waals surface area contributed by atoms with Crippen LogP contribution >= 0.6 is 0 Å². The van der Waals surface area contributed by atoms with E-state index < -0.39 is 24.3 Å². The number of rotatable bonds is 10. The number of hydrogen-bond donors (Lipinski definition) is 5. The number of nitrogens with one attached hydrogen (secondary N) is 4. The fourth-order valence-electron chi connectivity index (χ4n) is 10.0. The summed E-state index contributed by atoms with van der Waals surface area (Å²) in [5.41, 5.74) is 7.69. The number of carboxylic acid groups (broad SMARTS) is 1. The zero-order valence-electron chi connectivity index (χ0n) is 34.8. The van der Waals surface area contributed by atoms with Crippen LogP contribution in [0.15, 0.2) is 72.8 Å². The van der Waals surface area contributed by atoms with Crippen LogP contribution < -0.4 is 10.6 Å². The van der Waals surface area contributed by atoms with E-state index in [1.165, 1.54) is 7.11 Å². The number of carbonyl (C=O) groups is 4. The molecule has 0 radical (unpaired) electrons. The van der Waals surface area contributed by atoms with E-state index in [4.69, 9.17) is 14.7 Å². The average molecular weight is 823 g/mol. The van der Waals surface area contributed by atoms with Gasteiger partial charge in [0.1, 0.15) is 23.7 Å². The maximum Gasteiger partial charge on any atom is 0.407 e. The van der Waals surface area contributed by atoms with Gasteiger partial charge in [0, 0.05) is 12.1 Å². The number of likely N-dealkylation sites (tertiary alicyclic amines) is 2. The number of carbonyl (C=O) groups excluding carboxylic acids is 3. The molecule has 10 rings (SSSR count). The standard InChI is InChI=1S/C47H50N8O6/c1-22(2)40(52-46(58)59)44(56)54-36-18-30(36)20-38(54)42-48-32-12-10-28(16-34(32)50-42)26-8-6-25-15-27(9-7-24(25)14-26)29-11-13-33-35(17-29)51-43(49-33)39-21-31-19-37(31)55(39)45(57)41(23(3)4)53-47(60)61-5/h6-17,22-23,30-31,36-41,52H,18-21H2,1-5H3,(H,48,50)(H,49,51)(H,53,60)(H,58,59)/t30-,31-,36-,37-,38+,39+,40?,41?/m1/s1. The number of fused-ring (bicyclic) bond motifs is 5. The Morgan fingerprint density at radius 3 is 1.49 bits per heavy atom. The second-order valence-electron chi connectivity index (χ2n) is 18.1. The Kier molecular flexibility index (Phi) is 9.29. The number of alkyl carbamates (subject to hydrolysis) is 1. The predicted octanol–water partition coefficient (Wildman–Crippen LogP) is 7.92. The molecule has 2 saturated carbocycles. The van der Waals surface area contributed by atoms with Crippen molar-refractivity contribution in [1.29, 1.82) is 0 Å². The number of nitrogens with zero attached hydrogens (tertiary/aromatic N) is 4. The van der Waals surface area contributed by atoms with Crippen LogP contribution in [0, 0.1) is 23.7 Å². The van der Waals surface area contributed by atoms with E-state index in [0.717, 1.165) is 92.4 Å². The van der Waals surface area contributed by atoms with Crippen LogP contribution in [0.3, 0.4) is 0 Å². The molecule has 0 spiro atoms. The highest BCUT2D eigenvalue weighted by molar-refractivity contribution is 5.94. The van der Waals surface area contributed by atoms with Crippen molar-refractivity contribution in [1.82, 2.24) is 40.4 Å². The van der Waals surface area contributed by atoms with E-state index in [-0.39, 0.29) is 47.8 Å². The summed E-state index contributed by atoms with van der Waals surface area (Å²) in [6, 6.07) is 23.7. The summed E-state index contributed by atoms with van der Waals surface area (Å²) >= 11 is 0. The van der Waals surface area contributed by atoms with E-state index in [0.29, 0.717) is 11.8 Å². The zero-order valence-corrected chi connectivity index (χ0v) is 34.8. The quantitative estimate of drug-likeness (QED) is 0.0922. The number of H-pyrrole nitrogens is 2. The normalized spacial score (nSPS) is 23.7. The van der Waals surface area contributed by atoms with Gasteiger partial charge in [0.2, 0.25) is 11.8 Å². The molecule has 4 fully saturated rings. The van der Waals surface area contributed by atoms with Crippen molar-refractivity contribution in [2.24, 2.45) is 23.7 Å². The number of amides is 4. The molecule has 4 heterocycles. The van der Waals surface area contributed by atoms with Crippen molar-refractivity contribution in [3.63, 3.8) is 0 Å². The molecule has 2 aliphatic carbocycles. The fraction of sp³-hybridized carbons (Fsp3) is 0.404. The number of benzene rings is 4. The molecule has 4 aliphatic rings. The van der Waals surface area contributed by atoms with Crippen molar-refractivity contribution < 1.29 is 29.0 Å². The second kappa shape index (κ2) is 14.6. The number of piperidine rings is 2. The number of aromatic amines is 2. The average Bonchev–Trinajstić information content (AvgIpc) is 3.91. The van der Waals surface area contributed by atoms with Crippen molar-refractivity contribution >= 4 is 56.8 Å². The van der Waals surface area contributed by atoms with Gasteiger partial charge in [-0.15, -0.1) is 0 Å². The number of ether oxygens (including phenoxy) is 1. The minimum Gasteiger partial charge on any atom is -0.465 e. The van der Waals surface area contributed by atoms with E-state index in [1.54, 1.807) is 0 Å². The van der Waals surface area contributed by atoms with Gasteiger partial charge in [-0.25, -0.2) is 19.6 Å². The van der Waals surface area contributed by atoms with Crippen LogP contribution in [0.2, 0.25) is 0 Å². The molecule has 14 heteroatoms. The van der Waals surface area contributed by atoms with E-state index in [2.05, 4.69) is 81.3 Å². The minimum atomic E-state index is -1.20. The molecular formula is C47H50N8O6. The number of imidazole rings is 2. The van der Waals surface area contributed by atoms with Gasteiger partial charge in [-0.2, -0.15) is 0 Å². The molecule has 2 saturated heterocycles. The van der Waals surface area contributed by atoms with Gasteiger partial charge in [-0.3, -0.25) is 9.59 Å². The molecule has 5 N–H and O–H groups in total. The molecule has 0 bridgehead atoms. The molecule has 8 atom stereocenters. The molecule has 14 nitrogen and oxygen atoms in total. The second-order valence-corrected chi connectivity index (χ2v) is 18.1. The largest absolute Gasteiger partial charge is 0.465 e. The van der Waals surface area contributed by atoms with Gasteiger partial charge in [0.05, 0.1) is 41.3 Å². The predicted molar refractivity (Wildman–Crippen MR) is 230 cm³/mol. The topological polar surface area (TPSA) is 186 Å². The first-order chi connectivity index (χ1) is 29.3. The summed E-state index contributed by atoms with van der Waals surface area (Å²) in [6.45, 7) is 7.56. The minimum absolute atomic E-state index is 0.0988. The van der Waals surface area contributed by atoms with Crippen molar-refractivity contribution in [3.8, 4) is 22.3 Å². The number of aromatic nitrogens is 4. The van der Waals surface area contributed by atoms with Crippen LogP contribution in [0.1, 0.15) is 77.1 Å². The first-order valence-electron chi connectivity index (χ1n) is 21.4. The highest BCUT2D eigenvalue weighted by Gasteiger charge is 2.57. The molecule has 4 aromatic carbocycles. The van der Waals surface area contributed by atoms with E-state index in [1.807, 2.05) is 49.6 Å². The Hall–Kier alpha value is -6.44. The lowest BCUT2D eigenvalue weighted by atomic mass is 9.97. The lowest BCUT2D eigenvalue weighted by molar-refractivity contribution is -0.137. The number of hydrogen-bond acceptors (Lipinski definition) is 7. The SMILES string of the molecule is COC(=O)NC(C(=O)N1[C@@H]2C[C@@H]2C[C@H]1c1nc2ccc(-c3ccc4cc(-c5ccc6nc([C@@H]7C[C@H]8C[C@H]8N7C(=O)C(NC(=O)O)C(C)C)[nH]c6c5)ccc4c3)cc2[nH]1)C(C)C. The van der Waals surface area contributed by atoms with Gasteiger partial charge in [0.25, 0.3) is 0 Å². The smallest absolute Gasteiger partial charge is 0.407 e. The Bertz CT molecular complexity index is 2760. The van der Waals surface area contributed by atoms with Crippen LogP contribution in [-0.2, 0) is 14.3 Å². The summed E-state index contributed by atoms with van der Waals surface area (Å²) < 4.78 is 4.82. The summed E-state index contributed by atoms with van der Waals surface area (Å²) in [5.74, 6) is 1.78. The van der Waals surface area contributed by atoms with Crippen molar-refractivity contribution in [2.45, 2.75) is 89.6 Å². The third kappa shape index (κ3) is 6.91. The molecule has 2 aliphatic heterocycles. The summed E-state index contributed by atoms with van der Waals surface area (Å²) in [4.78, 5) is 72.0. The van der Waals surface area contributed by atoms with Crippen LogP contribution in [-0.4, -0.2) is 90.1 Å². The van der Waals surface area contributed by atoms with Crippen LogP contribution in [0.4, 0.5) is 9.59 Å². The summed E-state index contributed by atoms with van der Waals surface area (Å²) in [5, 5.41) is 16.8. The Labute approximate surface area is 352 Å². The Morgan fingerprint density at radius 2 is 1.07 bits per heavy atom. The van der Waals surface area contributed by atoms with Crippen molar-refractivity contribution in [2.75, 3.05) is 7.11 Å². The maximum atomic E-state index is 13.9. The molecule has 314 valence electrons. The monoisotopic (exact) mass is 822 g/mol. The highest BCUT2D eigenvalue weighted by Crippen LogP contribution is 2.54. The van der Waals surface area contributed by atoms with Crippen molar-refractivity contribution in [3.05, 3.63) is 84.4 Å². The first-order valence-corrected chi connectivity index (χ1v) is 21.4. The van der Waals surface area contributed by atoms with Crippen LogP contribution in [0.5, 0.6) is 0 Å².